The molecule has 88 valence electrons. The van der Waals surface area contributed by atoms with Gasteiger partial charge in [0.05, 0.1) is 0 Å². The molecule has 17 heavy (non-hydrogen) atoms. The van der Waals surface area contributed by atoms with E-state index in [0.717, 1.165) is 16.9 Å². The van der Waals surface area contributed by atoms with Crippen LogP contribution in [0.4, 0.5) is 4.39 Å². The van der Waals surface area contributed by atoms with Gasteiger partial charge in [0.15, 0.2) is 0 Å². The van der Waals surface area contributed by atoms with E-state index in [9.17, 15) is 4.39 Å². The van der Waals surface area contributed by atoms with Gasteiger partial charge >= 0.3 is 0 Å². The average molecular weight is 247 g/mol. The van der Waals surface area contributed by atoms with E-state index in [4.69, 9.17) is 5.73 Å². The lowest BCUT2D eigenvalue weighted by atomic mass is 10.2. The van der Waals surface area contributed by atoms with Crippen LogP contribution in [0.1, 0.15) is 11.3 Å². The van der Waals surface area contributed by atoms with Gasteiger partial charge in [0.25, 0.3) is 0 Å². The summed E-state index contributed by atoms with van der Waals surface area (Å²) < 4.78 is 12.8. The Labute approximate surface area is 104 Å². The van der Waals surface area contributed by atoms with Crippen LogP contribution in [0.5, 0.6) is 0 Å². The van der Waals surface area contributed by atoms with Gasteiger partial charge in [-0.05, 0) is 48.9 Å². The number of halogens is 1. The highest BCUT2D eigenvalue weighted by Gasteiger charge is 2.01. The minimum Gasteiger partial charge on any atom is -0.330 e. The van der Waals surface area contributed by atoms with Crippen molar-refractivity contribution in [2.75, 3.05) is 6.54 Å². The van der Waals surface area contributed by atoms with Crippen LogP contribution in [-0.2, 0) is 0 Å². The quantitative estimate of drug-likeness (QED) is 0.870. The molecule has 1 aromatic carbocycles. The Hall–Kier alpha value is -1.45. The molecule has 2 aromatic rings. The Morgan fingerprint density at radius 1 is 1.12 bits per heavy atom. The average Bonchev–Trinajstić information content (AvgIpc) is 2.79. The molecule has 0 amide bonds. The molecule has 0 fully saturated rings. The van der Waals surface area contributed by atoms with Crippen molar-refractivity contribution >= 4 is 17.4 Å². The largest absolute Gasteiger partial charge is 0.330 e. The third-order valence-electron chi connectivity index (χ3n) is 2.37. The molecule has 0 atom stereocenters. The highest BCUT2D eigenvalue weighted by molar-refractivity contribution is 7.16. The fraction of sp³-hybridized carbons (Fsp3) is 0.143. The lowest BCUT2D eigenvalue weighted by molar-refractivity contribution is 0.628. The Bertz CT molecular complexity index is 499. The standard InChI is InChI=1S/C14H14FNS/c15-12-6-4-11(5-7-12)14-9-8-13(17-14)3-1-2-10-16/h1,3-9H,2,10,16H2. The highest BCUT2D eigenvalue weighted by atomic mass is 32.1. The number of rotatable bonds is 4. The molecule has 0 aliphatic rings. The Kier molecular flexibility index (Phi) is 4.07. The van der Waals surface area contributed by atoms with Gasteiger partial charge in [-0.1, -0.05) is 18.2 Å². The maximum absolute atomic E-state index is 12.8. The fourth-order valence-electron chi connectivity index (χ4n) is 1.51. The van der Waals surface area contributed by atoms with Crippen LogP contribution in [-0.4, -0.2) is 6.54 Å². The minimum atomic E-state index is -0.201. The second-order valence-electron chi connectivity index (χ2n) is 3.69. The summed E-state index contributed by atoms with van der Waals surface area (Å²) in [6, 6.07) is 10.7. The van der Waals surface area contributed by atoms with Gasteiger partial charge in [-0.25, -0.2) is 4.39 Å². The predicted molar refractivity (Wildman–Crippen MR) is 72.4 cm³/mol. The summed E-state index contributed by atoms with van der Waals surface area (Å²) in [5.74, 6) is -0.201. The van der Waals surface area contributed by atoms with E-state index < -0.39 is 0 Å². The molecule has 0 saturated heterocycles. The third kappa shape index (κ3) is 3.25. The summed E-state index contributed by atoms with van der Waals surface area (Å²) in [7, 11) is 0. The molecule has 2 N–H and O–H groups in total. The zero-order chi connectivity index (χ0) is 12.1. The first-order valence-electron chi connectivity index (χ1n) is 5.52. The fourth-order valence-corrected chi connectivity index (χ4v) is 2.45. The van der Waals surface area contributed by atoms with Gasteiger partial charge in [0.2, 0.25) is 0 Å². The van der Waals surface area contributed by atoms with E-state index in [-0.39, 0.29) is 5.82 Å². The van der Waals surface area contributed by atoms with Crippen LogP contribution >= 0.6 is 11.3 Å². The molecule has 0 radical (unpaired) electrons. The van der Waals surface area contributed by atoms with Crippen molar-refractivity contribution < 1.29 is 4.39 Å². The number of benzene rings is 1. The van der Waals surface area contributed by atoms with Gasteiger partial charge in [-0.15, -0.1) is 11.3 Å². The van der Waals surface area contributed by atoms with Gasteiger partial charge in [-0.3, -0.25) is 0 Å². The summed E-state index contributed by atoms with van der Waals surface area (Å²) in [4.78, 5) is 2.34. The second-order valence-corrected chi connectivity index (χ2v) is 4.80. The molecule has 1 heterocycles. The molecule has 0 spiro atoms. The molecule has 1 nitrogen and oxygen atoms in total. The van der Waals surface area contributed by atoms with E-state index in [0.29, 0.717) is 6.54 Å². The second kappa shape index (κ2) is 5.75. The Balaban J connectivity index is 2.15. The summed E-state index contributed by atoms with van der Waals surface area (Å²) in [6.45, 7) is 0.673. The first kappa shape index (κ1) is 12.0. The molecule has 0 unspecified atom stereocenters. The summed E-state index contributed by atoms with van der Waals surface area (Å²) in [6.07, 6.45) is 5.04. The zero-order valence-electron chi connectivity index (χ0n) is 9.40. The van der Waals surface area contributed by atoms with Crippen molar-refractivity contribution in [3.05, 3.63) is 53.2 Å². The van der Waals surface area contributed by atoms with Gasteiger partial charge in [0, 0.05) is 9.75 Å². The monoisotopic (exact) mass is 247 g/mol. The number of thiophene rings is 1. The lowest BCUT2D eigenvalue weighted by Crippen LogP contribution is -1.94. The maximum atomic E-state index is 12.8. The van der Waals surface area contributed by atoms with Crippen molar-refractivity contribution in [1.29, 1.82) is 0 Å². The molecular weight excluding hydrogens is 233 g/mol. The highest BCUT2D eigenvalue weighted by Crippen LogP contribution is 2.28. The normalized spacial score (nSPS) is 11.2. The van der Waals surface area contributed by atoms with Gasteiger partial charge in [0.1, 0.15) is 5.82 Å². The molecule has 0 aliphatic heterocycles. The lowest BCUT2D eigenvalue weighted by Gasteiger charge is -1.95. The summed E-state index contributed by atoms with van der Waals surface area (Å²) >= 11 is 1.69. The molecule has 1 aromatic heterocycles. The van der Waals surface area contributed by atoms with E-state index in [1.165, 1.54) is 17.0 Å². The topological polar surface area (TPSA) is 26.0 Å². The molecule has 0 saturated carbocycles. The first-order chi connectivity index (χ1) is 8.29. The number of nitrogens with two attached hydrogens (primary N) is 1. The molecular formula is C14H14FNS. The molecule has 0 aliphatic carbocycles. The van der Waals surface area contributed by atoms with E-state index >= 15 is 0 Å². The number of hydrogen-bond acceptors (Lipinski definition) is 2. The van der Waals surface area contributed by atoms with Crippen LogP contribution < -0.4 is 5.73 Å². The summed E-state index contributed by atoms with van der Waals surface area (Å²) in [5, 5.41) is 0. The van der Waals surface area contributed by atoms with Crippen LogP contribution in [0.2, 0.25) is 0 Å². The molecule has 3 heteroatoms. The molecule has 0 bridgehead atoms. The Morgan fingerprint density at radius 3 is 2.59 bits per heavy atom. The predicted octanol–water partition coefficient (Wildman–Crippen LogP) is 3.92. The van der Waals surface area contributed by atoms with Crippen molar-refractivity contribution in [2.24, 2.45) is 5.73 Å². The first-order valence-corrected chi connectivity index (χ1v) is 6.33. The zero-order valence-corrected chi connectivity index (χ0v) is 10.2. The third-order valence-corrected chi connectivity index (χ3v) is 3.47. The smallest absolute Gasteiger partial charge is 0.123 e. The maximum Gasteiger partial charge on any atom is 0.123 e. The van der Waals surface area contributed by atoms with Crippen LogP contribution in [0.25, 0.3) is 16.5 Å². The van der Waals surface area contributed by atoms with Crippen LogP contribution in [0.15, 0.2) is 42.5 Å². The minimum absolute atomic E-state index is 0.201. The van der Waals surface area contributed by atoms with Crippen molar-refractivity contribution in [3.63, 3.8) is 0 Å². The van der Waals surface area contributed by atoms with Gasteiger partial charge < -0.3 is 5.73 Å². The summed E-state index contributed by atoms with van der Waals surface area (Å²) in [5.41, 5.74) is 6.47. The van der Waals surface area contributed by atoms with Crippen LogP contribution in [0.3, 0.4) is 0 Å². The Morgan fingerprint density at radius 2 is 1.88 bits per heavy atom. The van der Waals surface area contributed by atoms with E-state index in [1.807, 2.05) is 0 Å². The van der Waals surface area contributed by atoms with Crippen molar-refractivity contribution in [1.82, 2.24) is 0 Å². The van der Waals surface area contributed by atoms with Gasteiger partial charge in [-0.2, -0.15) is 0 Å². The van der Waals surface area contributed by atoms with E-state index in [1.54, 1.807) is 23.5 Å². The molecule has 2 rings (SSSR count). The van der Waals surface area contributed by atoms with Crippen molar-refractivity contribution in [3.8, 4) is 10.4 Å². The van der Waals surface area contributed by atoms with Crippen molar-refractivity contribution in [2.45, 2.75) is 6.42 Å². The number of hydrogen-bond donors (Lipinski definition) is 1. The SMILES string of the molecule is NCCC=Cc1ccc(-c2ccc(F)cc2)s1. The van der Waals surface area contributed by atoms with Crippen LogP contribution in [0, 0.1) is 5.82 Å². The van der Waals surface area contributed by atoms with E-state index in [2.05, 4.69) is 24.3 Å².